The maximum atomic E-state index is 12.9. The number of amides is 1. The highest BCUT2D eigenvalue weighted by Crippen LogP contribution is 2.36. The van der Waals surface area contributed by atoms with Crippen molar-refractivity contribution >= 4 is 40.3 Å². The normalized spacial score (nSPS) is 15.7. The van der Waals surface area contributed by atoms with Crippen LogP contribution >= 0.6 is 22.7 Å². The number of ether oxygens (including phenoxy) is 2. The maximum absolute atomic E-state index is 12.9. The second-order valence-corrected chi connectivity index (χ2v) is 8.43. The molecule has 0 saturated carbocycles. The van der Waals surface area contributed by atoms with Crippen molar-refractivity contribution in [3.8, 4) is 5.75 Å². The SMILES string of the molecule is CCOc1ccccc1C(=O)OCC(=O)N1N=C(c2cccs2)CC1c1cccs1. The van der Waals surface area contributed by atoms with Crippen LogP contribution in [0.4, 0.5) is 0 Å². The molecule has 1 aromatic carbocycles. The summed E-state index contributed by atoms with van der Waals surface area (Å²) >= 11 is 3.17. The van der Waals surface area contributed by atoms with E-state index in [-0.39, 0.29) is 18.6 Å². The Balaban J connectivity index is 1.49. The van der Waals surface area contributed by atoms with Crippen molar-refractivity contribution in [3.63, 3.8) is 0 Å². The van der Waals surface area contributed by atoms with Gasteiger partial charge >= 0.3 is 5.97 Å². The second kappa shape index (κ2) is 9.23. The van der Waals surface area contributed by atoms with E-state index in [0.29, 0.717) is 24.3 Å². The number of hydrazone groups is 1. The molecular weight excluding hydrogens is 420 g/mol. The molecule has 0 saturated heterocycles. The molecule has 154 valence electrons. The Morgan fingerprint density at radius 1 is 1.10 bits per heavy atom. The predicted octanol–water partition coefficient (Wildman–Crippen LogP) is 4.74. The summed E-state index contributed by atoms with van der Waals surface area (Å²) in [6.45, 7) is 1.88. The van der Waals surface area contributed by atoms with Crippen molar-refractivity contribution in [1.29, 1.82) is 0 Å². The third-order valence-corrected chi connectivity index (χ3v) is 6.47. The maximum Gasteiger partial charge on any atom is 0.342 e. The molecule has 0 spiro atoms. The Kier molecular flexibility index (Phi) is 6.25. The molecule has 3 aromatic rings. The van der Waals surface area contributed by atoms with E-state index in [2.05, 4.69) is 5.10 Å². The van der Waals surface area contributed by atoms with E-state index in [9.17, 15) is 9.59 Å². The van der Waals surface area contributed by atoms with Crippen LogP contribution in [-0.4, -0.2) is 35.8 Å². The fourth-order valence-corrected chi connectivity index (χ4v) is 4.75. The molecule has 30 heavy (non-hydrogen) atoms. The van der Waals surface area contributed by atoms with Crippen LogP contribution in [-0.2, 0) is 9.53 Å². The summed E-state index contributed by atoms with van der Waals surface area (Å²) in [7, 11) is 0. The van der Waals surface area contributed by atoms with E-state index in [1.807, 2.05) is 41.9 Å². The minimum Gasteiger partial charge on any atom is -0.493 e. The molecule has 3 heterocycles. The minimum atomic E-state index is -0.596. The molecule has 1 amide bonds. The van der Waals surface area contributed by atoms with E-state index >= 15 is 0 Å². The van der Waals surface area contributed by atoms with Crippen LogP contribution in [0.2, 0.25) is 0 Å². The fourth-order valence-electron chi connectivity index (χ4n) is 3.22. The molecule has 4 rings (SSSR count). The Morgan fingerprint density at radius 2 is 1.90 bits per heavy atom. The van der Waals surface area contributed by atoms with Crippen molar-refractivity contribution in [1.82, 2.24) is 5.01 Å². The average molecular weight is 441 g/mol. The third kappa shape index (κ3) is 4.29. The first kappa shape index (κ1) is 20.3. The number of rotatable bonds is 7. The van der Waals surface area contributed by atoms with Gasteiger partial charge in [-0.25, -0.2) is 9.80 Å². The summed E-state index contributed by atoms with van der Waals surface area (Å²) in [5.74, 6) is -0.517. The molecule has 0 fully saturated rings. The van der Waals surface area contributed by atoms with Gasteiger partial charge in [0.05, 0.1) is 23.2 Å². The lowest BCUT2D eigenvalue weighted by atomic mass is 10.1. The topological polar surface area (TPSA) is 68.2 Å². The van der Waals surface area contributed by atoms with Crippen molar-refractivity contribution in [2.24, 2.45) is 5.10 Å². The fraction of sp³-hybridized carbons (Fsp3) is 0.227. The highest BCUT2D eigenvalue weighted by Gasteiger charge is 2.34. The number of para-hydroxylation sites is 1. The zero-order valence-corrected chi connectivity index (χ0v) is 17.9. The number of hydrogen-bond donors (Lipinski definition) is 0. The zero-order valence-electron chi connectivity index (χ0n) is 16.3. The van der Waals surface area contributed by atoms with Crippen LogP contribution in [0.5, 0.6) is 5.75 Å². The molecule has 1 unspecified atom stereocenters. The van der Waals surface area contributed by atoms with Crippen LogP contribution in [0.3, 0.4) is 0 Å². The van der Waals surface area contributed by atoms with Crippen LogP contribution in [0, 0.1) is 0 Å². The first-order valence-corrected chi connectivity index (χ1v) is 11.3. The molecule has 1 aliphatic heterocycles. The van der Waals surface area contributed by atoms with Gasteiger partial charge in [-0.2, -0.15) is 5.10 Å². The van der Waals surface area contributed by atoms with Crippen LogP contribution in [0.15, 0.2) is 64.4 Å². The molecule has 0 bridgehead atoms. The van der Waals surface area contributed by atoms with Crippen molar-refractivity contribution in [2.45, 2.75) is 19.4 Å². The number of carbonyl (C=O) groups excluding carboxylic acids is 2. The van der Waals surface area contributed by atoms with E-state index in [0.717, 1.165) is 15.5 Å². The first-order chi connectivity index (χ1) is 14.7. The summed E-state index contributed by atoms with van der Waals surface area (Å²) in [5, 5.41) is 9.98. The Hall–Kier alpha value is -2.97. The lowest BCUT2D eigenvalue weighted by Crippen LogP contribution is -2.31. The van der Waals surface area contributed by atoms with Crippen LogP contribution in [0.25, 0.3) is 0 Å². The van der Waals surface area contributed by atoms with Gasteiger partial charge in [-0.05, 0) is 41.9 Å². The molecule has 2 aromatic heterocycles. The summed E-state index contributed by atoms with van der Waals surface area (Å²) in [5.41, 5.74) is 1.16. The standard InChI is InChI=1S/C22H20N2O4S2/c1-2-27-18-8-4-3-7-15(18)22(26)28-14-21(25)24-17(20-10-6-12-30-20)13-16(23-24)19-9-5-11-29-19/h3-12,17H,2,13-14H2,1H3. The molecule has 1 aliphatic rings. The van der Waals surface area contributed by atoms with E-state index < -0.39 is 5.97 Å². The molecule has 0 radical (unpaired) electrons. The van der Waals surface area contributed by atoms with Crippen molar-refractivity contribution < 1.29 is 19.1 Å². The lowest BCUT2D eigenvalue weighted by Gasteiger charge is -2.20. The molecule has 0 aliphatic carbocycles. The van der Waals surface area contributed by atoms with Gasteiger partial charge in [0.1, 0.15) is 11.3 Å². The Bertz CT molecular complexity index is 1050. The molecule has 1 atom stereocenters. The summed E-state index contributed by atoms with van der Waals surface area (Å²) in [6, 6.07) is 14.5. The highest BCUT2D eigenvalue weighted by molar-refractivity contribution is 7.12. The van der Waals surface area contributed by atoms with Gasteiger partial charge in [-0.15, -0.1) is 22.7 Å². The third-order valence-electron chi connectivity index (χ3n) is 4.58. The van der Waals surface area contributed by atoms with Gasteiger partial charge in [0.25, 0.3) is 5.91 Å². The van der Waals surface area contributed by atoms with Gasteiger partial charge in [-0.1, -0.05) is 24.3 Å². The number of benzene rings is 1. The van der Waals surface area contributed by atoms with Gasteiger partial charge in [-0.3, -0.25) is 4.79 Å². The number of carbonyl (C=O) groups is 2. The minimum absolute atomic E-state index is 0.191. The average Bonchev–Trinajstić information content (AvgIpc) is 3.53. The predicted molar refractivity (Wildman–Crippen MR) is 117 cm³/mol. The van der Waals surface area contributed by atoms with E-state index in [4.69, 9.17) is 9.47 Å². The quantitative estimate of drug-likeness (QED) is 0.498. The molecular formula is C22H20N2O4S2. The molecule has 0 N–H and O–H groups in total. The monoisotopic (exact) mass is 440 g/mol. The summed E-state index contributed by atoms with van der Waals surface area (Å²) < 4.78 is 10.8. The largest absolute Gasteiger partial charge is 0.493 e. The number of nitrogens with zero attached hydrogens (tertiary/aromatic N) is 2. The Labute approximate surface area is 182 Å². The lowest BCUT2D eigenvalue weighted by molar-refractivity contribution is -0.136. The molecule has 8 heteroatoms. The first-order valence-electron chi connectivity index (χ1n) is 9.53. The smallest absolute Gasteiger partial charge is 0.342 e. The molecule has 6 nitrogen and oxygen atoms in total. The van der Waals surface area contributed by atoms with Crippen LogP contribution in [0.1, 0.15) is 39.5 Å². The summed E-state index contributed by atoms with van der Waals surface area (Å²) in [4.78, 5) is 27.5. The van der Waals surface area contributed by atoms with E-state index in [1.54, 1.807) is 46.9 Å². The van der Waals surface area contributed by atoms with Gasteiger partial charge in [0.15, 0.2) is 6.61 Å². The van der Waals surface area contributed by atoms with Crippen molar-refractivity contribution in [2.75, 3.05) is 13.2 Å². The van der Waals surface area contributed by atoms with Gasteiger partial charge in [0.2, 0.25) is 0 Å². The Morgan fingerprint density at radius 3 is 2.63 bits per heavy atom. The van der Waals surface area contributed by atoms with Gasteiger partial charge in [0, 0.05) is 11.3 Å². The van der Waals surface area contributed by atoms with Crippen LogP contribution < -0.4 is 4.74 Å². The van der Waals surface area contributed by atoms with E-state index in [1.165, 1.54) is 5.01 Å². The number of thiophene rings is 2. The number of esters is 1. The van der Waals surface area contributed by atoms with Gasteiger partial charge < -0.3 is 9.47 Å². The summed E-state index contributed by atoms with van der Waals surface area (Å²) in [6.07, 6.45) is 0.633. The van der Waals surface area contributed by atoms with Crippen molar-refractivity contribution in [3.05, 3.63) is 74.6 Å². The highest BCUT2D eigenvalue weighted by atomic mass is 32.1. The zero-order chi connectivity index (χ0) is 20.9. The second-order valence-electron chi connectivity index (χ2n) is 6.50. The number of hydrogen-bond acceptors (Lipinski definition) is 7.